The zero-order valence-corrected chi connectivity index (χ0v) is 9.76. The molecule has 16 heavy (non-hydrogen) atoms. The number of Topliss-reactive ketones (excluding diaryl/α,β-unsaturated/α-hetero) is 1. The zero-order valence-electron chi connectivity index (χ0n) is 9.00. The number of ketones is 1. The fourth-order valence-electron chi connectivity index (χ4n) is 1.24. The number of hydrogen-bond donors (Lipinski definition) is 0. The first-order valence-electron chi connectivity index (χ1n) is 4.52. The van der Waals surface area contributed by atoms with Crippen molar-refractivity contribution in [2.45, 2.75) is 25.3 Å². The largest absolute Gasteiger partial charge is 0.493 e. The molecule has 0 N–H and O–H groups in total. The van der Waals surface area contributed by atoms with E-state index in [1.54, 1.807) is 13.8 Å². The van der Waals surface area contributed by atoms with Crippen LogP contribution in [0.15, 0.2) is 6.20 Å². The average Bonchev–Trinajstić information content (AvgIpc) is 2.57. The molecule has 0 aliphatic rings. The number of carbonyl (C=O) groups is 1. The van der Waals surface area contributed by atoms with Crippen LogP contribution in [-0.4, -0.2) is 28.1 Å². The Labute approximate surface area is 96.1 Å². The van der Waals surface area contributed by atoms with E-state index in [9.17, 15) is 13.6 Å². The second kappa shape index (κ2) is 4.37. The lowest BCUT2D eigenvalue weighted by Gasteiger charge is -2.13. The number of rotatable bonds is 4. The SMILES string of the molecule is COc1cnn(C(C)C)c1C(=O)C(F)(F)Cl. The molecule has 0 saturated carbocycles. The molecule has 7 heteroatoms. The molecule has 1 heterocycles. The molecule has 90 valence electrons. The first-order valence-corrected chi connectivity index (χ1v) is 4.89. The van der Waals surface area contributed by atoms with Crippen molar-refractivity contribution in [2.75, 3.05) is 7.11 Å². The van der Waals surface area contributed by atoms with Crippen LogP contribution in [0.5, 0.6) is 5.75 Å². The number of hydrogen-bond acceptors (Lipinski definition) is 3. The summed E-state index contributed by atoms with van der Waals surface area (Å²) in [7, 11) is 1.27. The maximum atomic E-state index is 12.8. The van der Waals surface area contributed by atoms with Crippen molar-refractivity contribution in [3.63, 3.8) is 0 Å². The molecule has 0 fully saturated rings. The second-order valence-corrected chi connectivity index (χ2v) is 3.90. The minimum atomic E-state index is -3.96. The quantitative estimate of drug-likeness (QED) is 0.611. The molecule has 0 saturated heterocycles. The Hall–Kier alpha value is -1.17. The number of nitrogens with zero attached hydrogens (tertiary/aromatic N) is 2. The molecule has 1 rings (SSSR count). The van der Waals surface area contributed by atoms with Gasteiger partial charge < -0.3 is 4.74 Å². The third-order valence-corrected chi connectivity index (χ3v) is 2.12. The summed E-state index contributed by atoms with van der Waals surface area (Å²) in [4.78, 5) is 11.4. The molecule has 0 aliphatic heterocycles. The van der Waals surface area contributed by atoms with Crippen molar-refractivity contribution in [2.24, 2.45) is 0 Å². The number of carbonyl (C=O) groups excluding carboxylic acids is 1. The lowest BCUT2D eigenvalue weighted by Crippen LogP contribution is -2.26. The Morgan fingerprint density at radius 2 is 2.19 bits per heavy atom. The minimum Gasteiger partial charge on any atom is -0.493 e. The zero-order chi connectivity index (χ0) is 12.5. The lowest BCUT2D eigenvalue weighted by atomic mass is 10.2. The Balaban J connectivity index is 3.29. The molecule has 0 amide bonds. The normalized spacial score (nSPS) is 11.9. The summed E-state index contributed by atoms with van der Waals surface area (Å²) >= 11 is 4.70. The highest BCUT2D eigenvalue weighted by Crippen LogP contribution is 2.30. The Bertz CT molecular complexity index is 399. The Morgan fingerprint density at radius 1 is 1.62 bits per heavy atom. The predicted octanol–water partition coefficient (Wildman–Crippen LogP) is 2.49. The van der Waals surface area contributed by atoms with E-state index in [-0.39, 0.29) is 17.5 Å². The van der Waals surface area contributed by atoms with Crippen LogP contribution in [-0.2, 0) is 0 Å². The Morgan fingerprint density at radius 3 is 2.56 bits per heavy atom. The molecule has 0 spiro atoms. The van der Waals surface area contributed by atoms with Crippen LogP contribution in [0.25, 0.3) is 0 Å². The van der Waals surface area contributed by atoms with E-state index in [2.05, 4.69) is 5.10 Å². The van der Waals surface area contributed by atoms with Crippen molar-refractivity contribution >= 4 is 17.4 Å². The molecular formula is C9H11ClF2N2O2. The van der Waals surface area contributed by atoms with Gasteiger partial charge in [-0.05, 0) is 25.4 Å². The molecule has 1 aromatic heterocycles. The smallest absolute Gasteiger partial charge is 0.386 e. The summed E-state index contributed by atoms with van der Waals surface area (Å²) in [6.07, 6.45) is 1.20. The van der Waals surface area contributed by atoms with Gasteiger partial charge in [-0.3, -0.25) is 9.48 Å². The number of methoxy groups -OCH3 is 1. The fourth-order valence-corrected chi connectivity index (χ4v) is 1.33. The average molecular weight is 253 g/mol. The van der Waals surface area contributed by atoms with Crippen LogP contribution in [0, 0.1) is 0 Å². The van der Waals surface area contributed by atoms with Gasteiger partial charge in [-0.15, -0.1) is 0 Å². The number of alkyl halides is 3. The van der Waals surface area contributed by atoms with Crippen LogP contribution in [0.4, 0.5) is 8.78 Å². The highest BCUT2D eigenvalue weighted by atomic mass is 35.5. The molecule has 0 aliphatic carbocycles. The van der Waals surface area contributed by atoms with E-state index in [0.29, 0.717) is 0 Å². The van der Waals surface area contributed by atoms with Crippen LogP contribution >= 0.6 is 11.6 Å². The highest BCUT2D eigenvalue weighted by molar-refractivity contribution is 6.35. The number of halogens is 3. The lowest BCUT2D eigenvalue weighted by molar-refractivity contribution is 0.0519. The highest BCUT2D eigenvalue weighted by Gasteiger charge is 2.41. The molecule has 1 aromatic rings. The molecule has 0 aromatic carbocycles. The van der Waals surface area contributed by atoms with Crippen molar-refractivity contribution in [3.8, 4) is 5.75 Å². The van der Waals surface area contributed by atoms with Gasteiger partial charge in [0, 0.05) is 6.04 Å². The first kappa shape index (κ1) is 12.9. The summed E-state index contributed by atoms with van der Waals surface area (Å²) in [5, 5.41) is -0.158. The summed E-state index contributed by atoms with van der Waals surface area (Å²) in [6.45, 7) is 3.41. The van der Waals surface area contributed by atoms with Gasteiger partial charge >= 0.3 is 5.38 Å². The Kier molecular flexibility index (Phi) is 3.52. The van der Waals surface area contributed by atoms with Crippen molar-refractivity contribution in [3.05, 3.63) is 11.9 Å². The maximum Gasteiger partial charge on any atom is 0.386 e. The van der Waals surface area contributed by atoms with Crippen molar-refractivity contribution < 1.29 is 18.3 Å². The molecular weight excluding hydrogens is 242 g/mol. The van der Waals surface area contributed by atoms with E-state index in [1.165, 1.54) is 13.3 Å². The first-order chi connectivity index (χ1) is 7.29. The predicted molar refractivity (Wildman–Crippen MR) is 54.3 cm³/mol. The maximum absolute atomic E-state index is 12.8. The van der Waals surface area contributed by atoms with Crippen LogP contribution < -0.4 is 4.74 Å². The van der Waals surface area contributed by atoms with Crippen molar-refractivity contribution in [1.82, 2.24) is 9.78 Å². The second-order valence-electron chi connectivity index (χ2n) is 3.43. The molecule has 0 bridgehead atoms. The van der Waals surface area contributed by atoms with Crippen molar-refractivity contribution in [1.29, 1.82) is 0 Å². The third kappa shape index (κ3) is 2.32. The van der Waals surface area contributed by atoms with Gasteiger partial charge in [-0.2, -0.15) is 13.9 Å². The summed E-state index contributed by atoms with van der Waals surface area (Å²) in [5.74, 6) is -1.53. The van der Waals surface area contributed by atoms with Gasteiger partial charge in [-0.25, -0.2) is 0 Å². The molecule has 0 atom stereocenters. The van der Waals surface area contributed by atoms with Crippen LogP contribution in [0.1, 0.15) is 30.4 Å². The molecule has 0 radical (unpaired) electrons. The number of ether oxygens (including phenoxy) is 1. The van der Waals surface area contributed by atoms with Gasteiger partial charge in [-0.1, -0.05) is 0 Å². The fraction of sp³-hybridized carbons (Fsp3) is 0.556. The van der Waals surface area contributed by atoms with Gasteiger partial charge in [0.05, 0.1) is 13.3 Å². The van der Waals surface area contributed by atoms with Gasteiger partial charge in [0.15, 0.2) is 11.4 Å². The van der Waals surface area contributed by atoms with Crippen LogP contribution in [0.2, 0.25) is 0 Å². The summed E-state index contributed by atoms with van der Waals surface area (Å²) in [5.41, 5.74) is -0.322. The summed E-state index contributed by atoms with van der Waals surface area (Å²) < 4.78 is 31.5. The molecule has 4 nitrogen and oxygen atoms in total. The van der Waals surface area contributed by atoms with Crippen LogP contribution in [0.3, 0.4) is 0 Å². The van der Waals surface area contributed by atoms with E-state index in [0.717, 1.165) is 4.68 Å². The number of aromatic nitrogens is 2. The standard InChI is InChI=1S/C9H11ClF2N2O2/c1-5(2)14-7(6(16-3)4-13-14)8(15)9(10,11)12/h4-5H,1-3H3. The third-order valence-electron chi connectivity index (χ3n) is 1.94. The summed E-state index contributed by atoms with van der Waals surface area (Å²) in [6, 6.07) is -0.248. The monoisotopic (exact) mass is 252 g/mol. The van der Waals surface area contributed by atoms with Gasteiger partial charge in [0.25, 0.3) is 5.78 Å². The van der Waals surface area contributed by atoms with Gasteiger partial charge in [0.2, 0.25) is 0 Å². The van der Waals surface area contributed by atoms with E-state index in [1.807, 2.05) is 0 Å². The van der Waals surface area contributed by atoms with Gasteiger partial charge in [0.1, 0.15) is 0 Å². The minimum absolute atomic E-state index is 0.0148. The van der Waals surface area contributed by atoms with E-state index in [4.69, 9.17) is 16.3 Å². The topological polar surface area (TPSA) is 44.1 Å². The molecule has 0 unspecified atom stereocenters. The van der Waals surface area contributed by atoms with E-state index >= 15 is 0 Å². The van der Waals surface area contributed by atoms with E-state index < -0.39 is 11.2 Å².